The number of amides is 2. The van der Waals surface area contributed by atoms with Gasteiger partial charge in [0.1, 0.15) is 0 Å². The Morgan fingerprint density at radius 1 is 0.395 bits per heavy atom. The Bertz CT molecular complexity index is 1930. The number of para-hydroxylation sites is 4. The lowest BCUT2D eigenvalue weighted by atomic mass is 9.90. The molecule has 0 aliphatic carbocycles. The molecule has 5 heteroatoms. The first-order valence-corrected chi connectivity index (χ1v) is 14.1. The average Bonchev–Trinajstić information content (AvgIpc) is 3.32. The number of hydrogen-bond donors (Lipinski definition) is 0. The fraction of sp³-hybridized carbons (Fsp3) is 0. The highest BCUT2D eigenvalue weighted by molar-refractivity contribution is 6.35. The average molecular weight is 557 g/mol. The zero-order valence-corrected chi connectivity index (χ0v) is 23.0. The monoisotopic (exact) mass is 556 g/mol. The van der Waals surface area contributed by atoms with Crippen molar-refractivity contribution in [2.45, 2.75) is 0 Å². The standard InChI is InChI=1S/C38H24N2O3/c41-37-31-23-29(25-12-3-1-4-13-25)30(26-14-5-2-6-15-26)24-32(31)38(42)40(37)28-17-11-16-27(22-28)39-33-18-7-9-20-35(33)43-36-21-10-8-19-34(36)39/h1-24H. The number of fused-ring (bicyclic) bond motifs is 3. The molecule has 8 rings (SSSR count). The maximum absolute atomic E-state index is 14.0. The van der Waals surface area contributed by atoms with E-state index in [4.69, 9.17) is 4.74 Å². The molecule has 0 aromatic heterocycles. The van der Waals surface area contributed by atoms with Crippen molar-refractivity contribution in [3.8, 4) is 33.8 Å². The summed E-state index contributed by atoms with van der Waals surface area (Å²) in [4.78, 5) is 31.4. The lowest BCUT2D eigenvalue weighted by Gasteiger charge is -2.33. The second kappa shape index (κ2) is 9.86. The van der Waals surface area contributed by atoms with E-state index >= 15 is 0 Å². The Hall–Kier alpha value is -5.94. The van der Waals surface area contributed by atoms with Gasteiger partial charge in [-0.05, 0) is 76.9 Å². The van der Waals surface area contributed by atoms with Gasteiger partial charge in [0.15, 0.2) is 11.5 Å². The topological polar surface area (TPSA) is 49.9 Å². The van der Waals surface area contributed by atoms with Gasteiger partial charge in [-0.1, -0.05) is 91.0 Å². The molecule has 2 amide bonds. The van der Waals surface area contributed by atoms with Crippen molar-refractivity contribution in [3.63, 3.8) is 0 Å². The van der Waals surface area contributed by atoms with E-state index in [1.54, 1.807) is 6.07 Å². The molecule has 0 bridgehead atoms. The third kappa shape index (κ3) is 4.02. The van der Waals surface area contributed by atoms with Crippen LogP contribution in [0.5, 0.6) is 11.5 Å². The summed E-state index contributed by atoms with van der Waals surface area (Å²) in [5, 5.41) is 0. The van der Waals surface area contributed by atoms with Crippen LogP contribution < -0.4 is 14.5 Å². The van der Waals surface area contributed by atoms with Crippen LogP contribution >= 0.6 is 0 Å². The third-order valence-corrected chi connectivity index (χ3v) is 7.97. The molecular formula is C38H24N2O3. The molecule has 2 heterocycles. The fourth-order valence-electron chi connectivity index (χ4n) is 5.99. The summed E-state index contributed by atoms with van der Waals surface area (Å²) in [6.07, 6.45) is 0. The predicted molar refractivity (Wildman–Crippen MR) is 170 cm³/mol. The molecule has 5 nitrogen and oxygen atoms in total. The molecule has 0 saturated heterocycles. The largest absolute Gasteiger partial charge is 0.453 e. The zero-order chi connectivity index (χ0) is 28.9. The quantitative estimate of drug-likeness (QED) is 0.203. The number of nitrogens with zero attached hydrogens (tertiary/aromatic N) is 2. The van der Waals surface area contributed by atoms with E-state index in [0.29, 0.717) is 16.8 Å². The minimum absolute atomic E-state index is 0.336. The molecule has 0 atom stereocenters. The van der Waals surface area contributed by atoms with Gasteiger partial charge in [0.2, 0.25) is 0 Å². The molecule has 2 aliphatic heterocycles. The first-order valence-electron chi connectivity index (χ1n) is 14.1. The summed E-state index contributed by atoms with van der Waals surface area (Å²) in [7, 11) is 0. The Labute approximate surface area is 248 Å². The maximum atomic E-state index is 14.0. The van der Waals surface area contributed by atoms with E-state index in [-0.39, 0.29) is 11.8 Å². The molecular weight excluding hydrogens is 532 g/mol. The van der Waals surface area contributed by atoms with Crippen LogP contribution in [0.1, 0.15) is 20.7 Å². The summed E-state index contributed by atoms with van der Waals surface area (Å²) < 4.78 is 6.17. The minimum atomic E-state index is -0.336. The number of ether oxygens (including phenoxy) is 1. The Morgan fingerprint density at radius 3 is 1.35 bits per heavy atom. The van der Waals surface area contributed by atoms with Crippen molar-refractivity contribution in [2.24, 2.45) is 0 Å². The van der Waals surface area contributed by atoms with E-state index < -0.39 is 0 Å². The Morgan fingerprint density at radius 2 is 0.837 bits per heavy atom. The molecule has 6 aromatic rings. The number of rotatable bonds is 4. The summed E-state index contributed by atoms with van der Waals surface area (Å²) in [5.74, 6) is 0.789. The first-order chi connectivity index (χ1) is 21.2. The number of carbonyl (C=O) groups excluding carboxylic acids is 2. The predicted octanol–water partition coefficient (Wildman–Crippen LogP) is 9.40. The van der Waals surface area contributed by atoms with Gasteiger partial charge in [0.25, 0.3) is 11.8 Å². The van der Waals surface area contributed by atoms with Crippen LogP contribution in [-0.2, 0) is 0 Å². The summed E-state index contributed by atoms with van der Waals surface area (Å²) in [5.41, 5.74) is 7.64. The molecule has 0 radical (unpaired) electrons. The highest BCUT2D eigenvalue weighted by atomic mass is 16.5. The van der Waals surface area contributed by atoms with Crippen LogP contribution in [-0.4, -0.2) is 11.8 Å². The molecule has 204 valence electrons. The first kappa shape index (κ1) is 24.8. The van der Waals surface area contributed by atoms with Gasteiger partial charge in [0.05, 0.1) is 28.2 Å². The van der Waals surface area contributed by atoms with Crippen molar-refractivity contribution in [1.82, 2.24) is 0 Å². The molecule has 43 heavy (non-hydrogen) atoms. The van der Waals surface area contributed by atoms with Crippen molar-refractivity contribution < 1.29 is 14.3 Å². The molecule has 6 aromatic carbocycles. The lowest BCUT2D eigenvalue weighted by Crippen LogP contribution is -2.29. The molecule has 0 spiro atoms. The zero-order valence-electron chi connectivity index (χ0n) is 23.0. The van der Waals surface area contributed by atoms with Crippen molar-refractivity contribution >= 4 is 34.6 Å². The van der Waals surface area contributed by atoms with Crippen molar-refractivity contribution in [2.75, 3.05) is 9.80 Å². The molecule has 0 saturated carbocycles. The highest BCUT2D eigenvalue weighted by Gasteiger charge is 2.38. The van der Waals surface area contributed by atoms with Crippen LogP contribution in [0.3, 0.4) is 0 Å². The minimum Gasteiger partial charge on any atom is -0.453 e. The lowest BCUT2D eigenvalue weighted by molar-refractivity contribution is 0.0926. The van der Waals surface area contributed by atoms with E-state index in [2.05, 4.69) is 4.90 Å². The van der Waals surface area contributed by atoms with Crippen LogP contribution in [0.2, 0.25) is 0 Å². The summed E-state index contributed by atoms with van der Waals surface area (Å²) in [6.45, 7) is 0. The highest BCUT2D eigenvalue weighted by Crippen LogP contribution is 2.50. The van der Waals surface area contributed by atoms with E-state index in [0.717, 1.165) is 50.8 Å². The summed E-state index contributed by atoms with van der Waals surface area (Å²) in [6, 6.07) is 46.9. The van der Waals surface area contributed by atoms with Crippen LogP contribution in [0.4, 0.5) is 22.7 Å². The second-order valence-corrected chi connectivity index (χ2v) is 10.5. The van der Waals surface area contributed by atoms with Gasteiger partial charge in [-0.25, -0.2) is 4.90 Å². The Balaban J connectivity index is 1.24. The van der Waals surface area contributed by atoms with Gasteiger partial charge in [-0.15, -0.1) is 0 Å². The van der Waals surface area contributed by atoms with Crippen molar-refractivity contribution in [3.05, 3.63) is 157 Å². The molecule has 2 aliphatic rings. The van der Waals surface area contributed by atoms with E-state index in [1.807, 2.05) is 140 Å². The number of benzene rings is 6. The van der Waals surface area contributed by atoms with Crippen LogP contribution in [0, 0.1) is 0 Å². The van der Waals surface area contributed by atoms with Crippen LogP contribution in [0.15, 0.2) is 146 Å². The van der Waals surface area contributed by atoms with Crippen LogP contribution in [0.25, 0.3) is 22.3 Å². The van der Waals surface area contributed by atoms with Gasteiger partial charge in [0, 0.05) is 5.69 Å². The maximum Gasteiger partial charge on any atom is 0.266 e. The SMILES string of the molecule is O=C1c2cc(-c3ccccc3)c(-c3ccccc3)cc2C(=O)N1c1cccc(N2c3ccccc3Oc3ccccc32)c1. The summed E-state index contributed by atoms with van der Waals surface area (Å²) >= 11 is 0. The fourth-order valence-corrected chi connectivity index (χ4v) is 5.99. The van der Waals surface area contributed by atoms with Crippen molar-refractivity contribution in [1.29, 1.82) is 0 Å². The number of hydrogen-bond acceptors (Lipinski definition) is 4. The van der Waals surface area contributed by atoms with Gasteiger partial charge in [-0.3, -0.25) is 9.59 Å². The van der Waals surface area contributed by atoms with E-state index in [1.165, 1.54) is 4.90 Å². The third-order valence-electron chi connectivity index (χ3n) is 7.97. The molecule has 0 fully saturated rings. The van der Waals surface area contributed by atoms with Gasteiger partial charge >= 0.3 is 0 Å². The number of anilines is 4. The Kier molecular flexibility index (Phi) is 5.69. The van der Waals surface area contributed by atoms with E-state index in [9.17, 15) is 9.59 Å². The second-order valence-electron chi connectivity index (χ2n) is 10.5. The normalized spacial score (nSPS) is 13.3. The smallest absolute Gasteiger partial charge is 0.266 e. The molecule has 0 N–H and O–H groups in total. The van der Waals surface area contributed by atoms with Gasteiger partial charge < -0.3 is 9.64 Å². The van der Waals surface area contributed by atoms with Gasteiger partial charge in [-0.2, -0.15) is 0 Å². The number of carbonyl (C=O) groups is 2. The number of imide groups is 1. The molecule has 0 unspecified atom stereocenters.